The lowest BCUT2D eigenvalue weighted by Gasteiger charge is -2.21. The van der Waals surface area contributed by atoms with Crippen molar-refractivity contribution in [1.29, 1.82) is 0 Å². The van der Waals surface area contributed by atoms with Crippen LogP contribution in [0.15, 0.2) is 12.1 Å². The molecule has 18 heavy (non-hydrogen) atoms. The van der Waals surface area contributed by atoms with Gasteiger partial charge in [-0.3, -0.25) is 0 Å². The van der Waals surface area contributed by atoms with E-state index in [0.717, 1.165) is 5.56 Å². The van der Waals surface area contributed by atoms with Crippen LogP contribution in [0.5, 0.6) is 17.2 Å². The van der Waals surface area contributed by atoms with Gasteiger partial charge >= 0.3 is 0 Å². The second kappa shape index (κ2) is 7.08. The first-order valence-corrected chi connectivity index (χ1v) is 5.83. The highest BCUT2D eigenvalue weighted by atomic mass is 16.5. The van der Waals surface area contributed by atoms with E-state index < -0.39 is 0 Å². The smallest absolute Gasteiger partial charge is 0.132 e. The molecular weight excluding hydrogens is 234 g/mol. The van der Waals surface area contributed by atoms with Gasteiger partial charge in [0, 0.05) is 25.3 Å². The summed E-state index contributed by atoms with van der Waals surface area (Å²) in [5, 5.41) is 0. The largest absolute Gasteiger partial charge is 0.496 e. The molecule has 1 rings (SSSR count). The zero-order chi connectivity index (χ0) is 13.5. The molecule has 0 radical (unpaired) electrons. The fourth-order valence-corrected chi connectivity index (χ4v) is 1.82. The lowest BCUT2D eigenvalue weighted by atomic mass is 10.1. The van der Waals surface area contributed by atoms with Crippen LogP contribution in [0.2, 0.25) is 0 Å². The predicted molar refractivity (Wildman–Crippen MR) is 69.5 cm³/mol. The number of rotatable bonds is 7. The molecule has 102 valence electrons. The molecule has 1 aromatic carbocycles. The number of methoxy groups -OCH3 is 3. The maximum absolute atomic E-state index is 5.74. The maximum Gasteiger partial charge on any atom is 0.132 e. The van der Waals surface area contributed by atoms with E-state index in [2.05, 4.69) is 0 Å². The average molecular weight is 255 g/mol. The molecule has 0 bridgehead atoms. The van der Waals surface area contributed by atoms with E-state index in [4.69, 9.17) is 24.7 Å². The van der Waals surface area contributed by atoms with Gasteiger partial charge in [0.2, 0.25) is 0 Å². The van der Waals surface area contributed by atoms with Crippen LogP contribution in [-0.2, 0) is 4.74 Å². The van der Waals surface area contributed by atoms with Crippen LogP contribution in [-0.4, -0.2) is 34.5 Å². The summed E-state index contributed by atoms with van der Waals surface area (Å²) in [4.78, 5) is 0. The van der Waals surface area contributed by atoms with Crippen LogP contribution in [0.25, 0.3) is 0 Å². The van der Waals surface area contributed by atoms with Crippen LogP contribution in [0, 0.1) is 0 Å². The molecule has 0 aromatic heterocycles. The Hall–Kier alpha value is -1.46. The van der Waals surface area contributed by atoms with E-state index in [9.17, 15) is 0 Å². The topological polar surface area (TPSA) is 62.9 Å². The van der Waals surface area contributed by atoms with Gasteiger partial charge in [0.15, 0.2) is 0 Å². The molecule has 0 spiro atoms. The SMILES string of the molecule is CCOC(CN)c1c(OC)cc(OC)cc1OC. The van der Waals surface area contributed by atoms with Crippen molar-refractivity contribution in [3.8, 4) is 17.2 Å². The summed E-state index contributed by atoms with van der Waals surface area (Å²) in [5.41, 5.74) is 6.55. The molecule has 0 heterocycles. The van der Waals surface area contributed by atoms with Crippen LogP contribution >= 0.6 is 0 Å². The predicted octanol–water partition coefficient (Wildman–Crippen LogP) is 1.75. The zero-order valence-corrected chi connectivity index (χ0v) is 11.4. The van der Waals surface area contributed by atoms with E-state index in [1.165, 1.54) is 0 Å². The van der Waals surface area contributed by atoms with Crippen molar-refractivity contribution >= 4 is 0 Å². The van der Waals surface area contributed by atoms with Crippen LogP contribution in [0.3, 0.4) is 0 Å². The molecule has 5 nitrogen and oxygen atoms in total. The summed E-state index contributed by atoms with van der Waals surface area (Å²) in [5.74, 6) is 1.96. The first-order valence-electron chi connectivity index (χ1n) is 5.83. The molecule has 2 N–H and O–H groups in total. The highest BCUT2D eigenvalue weighted by molar-refractivity contribution is 5.52. The standard InChI is InChI=1S/C13H21NO4/c1-5-18-12(8-14)13-10(16-3)6-9(15-2)7-11(13)17-4/h6-7,12H,5,8,14H2,1-4H3. The summed E-state index contributed by atoms with van der Waals surface area (Å²) < 4.78 is 21.5. The Morgan fingerprint density at radius 3 is 1.94 bits per heavy atom. The Balaban J connectivity index is 3.28. The number of hydrogen-bond acceptors (Lipinski definition) is 5. The summed E-state index contributed by atoms with van der Waals surface area (Å²) in [7, 11) is 4.78. The van der Waals surface area contributed by atoms with Gasteiger partial charge in [-0.2, -0.15) is 0 Å². The quantitative estimate of drug-likeness (QED) is 0.804. The van der Waals surface area contributed by atoms with Crippen molar-refractivity contribution in [3.63, 3.8) is 0 Å². The Labute approximate surface area is 108 Å². The van der Waals surface area contributed by atoms with E-state index in [1.807, 2.05) is 6.92 Å². The molecule has 0 saturated carbocycles. The first kappa shape index (κ1) is 14.6. The zero-order valence-electron chi connectivity index (χ0n) is 11.4. The van der Waals surface area contributed by atoms with Crippen LogP contribution < -0.4 is 19.9 Å². The van der Waals surface area contributed by atoms with Gasteiger partial charge in [0.25, 0.3) is 0 Å². The highest BCUT2D eigenvalue weighted by Crippen LogP contribution is 2.39. The van der Waals surface area contributed by atoms with Gasteiger partial charge in [-0.1, -0.05) is 0 Å². The van der Waals surface area contributed by atoms with Crippen LogP contribution in [0.1, 0.15) is 18.6 Å². The van der Waals surface area contributed by atoms with Gasteiger partial charge in [-0.05, 0) is 6.92 Å². The van der Waals surface area contributed by atoms with Gasteiger partial charge < -0.3 is 24.7 Å². The van der Waals surface area contributed by atoms with Gasteiger partial charge in [-0.15, -0.1) is 0 Å². The molecule has 0 aliphatic heterocycles. The average Bonchev–Trinajstić information content (AvgIpc) is 2.43. The van der Waals surface area contributed by atoms with Gasteiger partial charge in [-0.25, -0.2) is 0 Å². The lowest BCUT2D eigenvalue weighted by Crippen LogP contribution is -2.17. The van der Waals surface area contributed by atoms with Gasteiger partial charge in [0.05, 0.1) is 26.9 Å². The Kier molecular flexibility index (Phi) is 5.74. The van der Waals surface area contributed by atoms with Crippen molar-refractivity contribution < 1.29 is 18.9 Å². The normalized spacial score (nSPS) is 12.1. The van der Waals surface area contributed by atoms with Gasteiger partial charge in [0.1, 0.15) is 23.4 Å². The van der Waals surface area contributed by atoms with E-state index in [1.54, 1.807) is 33.5 Å². The van der Waals surface area contributed by atoms with Crippen molar-refractivity contribution in [2.45, 2.75) is 13.0 Å². The van der Waals surface area contributed by atoms with Crippen LogP contribution in [0.4, 0.5) is 0 Å². The monoisotopic (exact) mass is 255 g/mol. The third kappa shape index (κ3) is 3.05. The van der Waals surface area contributed by atoms with Crippen molar-refractivity contribution in [2.24, 2.45) is 5.73 Å². The second-order valence-electron chi connectivity index (χ2n) is 3.63. The van der Waals surface area contributed by atoms with E-state index in [-0.39, 0.29) is 6.10 Å². The third-order valence-corrected chi connectivity index (χ3v) is 2.66. The second-order valence-corrected chi connectivity index (χ2v) is 3.63. The number of hydrogen-bond donors (Lipinski definition) is 1. The van der Waals surface area contributed by atoms with Crippen molar-refractivity contribution in [2.75, 3.05) is 34.5 Å². The lowest BCUT2D eigenvalue weighted by molar-refractivity contribution is 0.0650. The molecule has 0 aliphatic carbocycles. The summed E-state index contributed by atoms with van der Waals surface area (Å²) in [6.07, 6.45) is -0.259. The molecule has 1 aromatic rings. The summed E-state index contributed by atoms with van der Waals surface area (Å²) in [6.45, 7) is 2.85. The molecule has 0 fully saturated rings. The fourth-order valence-electron chi connectivity index (χ4n) is 1.82. The molecule has 1 unspecified atom stereocenters. The maximum atomic E-state index is 5.74. The molecule has 0 amide bonds. The molecule has 1 atom stereocenters. The van der Waals surface area contributed by atoms with E-state index >= 15 is 0 Å². The minimum absolute atomic E-state index is 0.259. The molecular formula is C13H21NO4. The van der Waals surface area contributed by atoms with Crippen molar-refractivity contribution in [1.82, 2.24) is 0 Å². The number of ether oxygens (including phenoxy) is 4. The Morgan fingerprint density at radius 2 is 1.61 bits per heavy atom. The fraction of sp³-hybridized carbons (Fsp3) is 0.538. The van der Waals surface area contributed by atoms with E-state index in [0.29, 0.717) is 30.4 Å². The molecule has 5 heteroatoms. The Morgan fingerprint density at radius 1 is 1.06 bits per heavy atom. The number of benzene rings is 1. The molecule has 0 aliphatic rings. The Bertz CT molecular complexity index is 356. The summed E-state index contributed by atoms with van der Waals surface area (Å²) in [6, 6.07) is 3.58. The minimum Gasteiger partial charge on any atom is -0.496 e. The third-order valence-electron chi connectivity index (χ3n) is 2.66. The highest BCUT2D eigenvalue weighted by Gasteiger charge is 2.21. The van der Waals surface area contributed by atoms with Crippen molar-refractivity contribution in [3.05, 3.63) is 17.7 Å². The number of nitrogens with two attached hydrogens (primary N) is 1. The summed E-state index contributed by atoms with van der Waals surface area (Å²) >= 11 is 0. The minimum atomic E-state index is -0.259. The first-order chi connectivity index (χ1) is 8.71. The molecule has 0 saturated heterocycles.